The summed E-state index contributed by atoms with van der Waals surface area (Å²) in [5.74, 6) is 0.505. The lowest BCUT2D eigenvalue weighted by molar-refractivity contribution is -0.128. The van der Waals surface area contributed by atoms with Crippen molar-refractivity contribution in [3.8, 4) is 5.75 Å². The molecule has 3 rings (SSSR count). The second-order valence-corrected chi connectivity index (χ2v) is 9.17. The average Bonchev–Trinajstić information content (AvgIpc) is 2.66. The molecule has 1 aliphatic carbocycles. The summed E-state index contributed by atoms with van der Waals surface area (Å²) in [6, 6.07) is 5.50. The van der Waals surface area contributed by atoms with Crippen LogP contribution in [-0.4, -0.2) is 54.3 Å². The number of amides is 2. The maximum atomic E-state index is 12.6. The Morgan fingerprint density at radius 1 is 1.24 bits per heavy atom. The number of carbonyl (C=O) groups is 2. The Balaban J connectivity index is 1.46. The van der Waals surface area contributed by atoms with Gasteiger partial charge < -0.3 is 25.0 Å². The maximum Gasteiger partial charge on any atom is 0.410 e. The van der Waals surface area contributed by atoms with Crippen LogP contribution in [0, 0.1) is 0 Å². The Bertz CT molecular complexity index is 757. The van der Waals surface area contributed by atoms with Gasteiger partial charge in [0.1, 0.15) is 11.4 Å². The number of ether oxygens (including phenoxy) is 2. The van der Waals surface area contributed by atoms with E-state index in [9.17, 15) is 9.59 Å². The number of anilines is 1. The predicted octanol–water partition coefficient (Wildman–Crippen LogP) is 3.81. The SMILES string of the molecule is CN(C(=O)OC(C)(C)C)C1CCC(NC(=O)C2CNc3cc(Cl)ccc3O2)CC1. The highest BCUT2D eigenvalue weighted by atomic mass is 35.5. The van der Waals surface area contributed by atoms with Crippen LogP contribution in [0.3, 0.4) is 0 Å². The maximum absolute atomic E-state index is 12.6. The van der Waals surface area contributed by atoms with Gasteiger partial charge in [-0.2, -0.15) is 0 Å². The lowest BCUT2D eigenvalue weighted by Crippen LogP contribution is -2.50. The van der Waals surface area contributed by atoms with Crippen molar-refractivity contribution in [2.75, 3.05) is 18.9 Å². The van der Waals surface area contributed by atoms with Crippen molar-refractivity contribution < 1.29 is 19.1 Å². The molecule has 8 heteroatoms. The van der Waals surface area contributed by atoms with Gasteiger partial charge in [0, 0.05) is 24.2 Å². The van der Waals surface area contributed by atoms with Crippen molar-refractivity contribution in [1.29, 1.82) is 0 Å². The molecule has 1 unspecified atom stereocenters. The van der Waals surface area contributed by atoms with Crippen LogP contribution >= 0.6 is 11.6 Å². The van der Waals surface area contributed by atoms with Gasteiger partial charge in [-0.1, -0.05) is 11.6 Å². The van der Waals surface area contributed by atoms with Gasteiger partial charge in [-0.15, -0.1) is 0 Å². The summed E-state index contributed by atoms with van der Waals surface area (Å²) >= 11 is 5.98. The first-order chi connectivity index (χ1) is 13.6. The van der Waals surface area contributed by atoms with Crippen molar-refractivity contribution >= 4 is 29.3 Å². The molecule has 0 aromatic heterocycles. The number of benzene rings is 1. The van der Waals surface area contributed by atoms with Gasteiger partial charge in [0.2, 0.25) is 0 Å². The normalized spacial score (nSPS) is 23.8. The number of fused-ring (bicyclic) bond motifs is 1. The van der Waals surface area contributed by atoms with E-state index in [1.165, 1.54) is 0 Å². The Hall–Kier alpha value is -2.15. The molecule has 7 nitrogen and oxygen atoms in total. The molecule has 0 bridgehead atoms. The zero-order chi connectivity index (χ0) is 21.2. The Morgan fingerprint density at radius 2 is 1.93 bits per heavy atom. The molecule has 2 amide bonds. The summed E-state index contributed by atoms with van der Waals surface area (Å²) in [4.78, 5) is 26.6. The van der Waals surface area contributed by atoms with Crippen LogP contribution in [0.5, 0.6) is 5.75 Å². The first-order valence-corrected chi connectivity index (χ1v) is 10.5. The lowest BCUT2D eigenvalue weighted by Gasteiger charge is -2.36. The second kappa shape index (κ2) is 8.69. The molecule has 29 heavy (non-hydrogen) atoms. The summed E-state index contributed by atoms with van der Waals surface area (Å²) in [6.45, 7) is 5.98. The van der Waals surface area contributed by atoms with Crippen LogP contribution in [0.4, 0.5) is 10.5 Å². The Labute approximate surface area is 177 Å². The molecule has 1 aliphatic heterocycles. The van der Waals surface area contributed by atoms with Crippen LogP contribution in [0.2, 0.25) is 5.02 Å². The van der Waals surface area contributed by atoms with Crippen molar-refractivity contribution in [2.24, 2.45) is 0 Å². The van der Waals surface area contributed by atoms with E-state index in [4.69, 9.17) is 21.1 Å². The average molecular weight is 424 g/mol. The monoisotopic (exact) mass is 423 g/mol. The molecule has 160 valence electrons. The van der Waals surface area contributed by atoms with Gasteiger partial charge >= 0.3 is 6.09 Å². The molecular weight excluding hydrogens is 394 g/mol. The van der Waals surface area contributed by atoms with Crippen LogP contribution < -0.4 is 15.4 Å². The molecule has 2 N–H and O–H groups in total. The van der Waals surface area contributed by atoms with E-state index in [0.29, 0.717) is 17.3 Å². The third kappa shape index (κ3) is 5.69. The quantitative estimate of drug-likeness (QED) is 0.772. The number of nitrogens with one attached hydrogen (secondary N) is 2. The first-order valence-electron chi connectivity index (χ1n) is 10.1. The highest BCUT2D eigenvalue weighted by molar-refractivity contribution is 6.30. The fourth-order valence-electron chi connectivity index (χ4n) is 3.67. The van der Waals surface area contributed by atoms with Gasteiger partial charge in [0.05, 0.1) is 12.2 Å². The minimum absolute atomic E-state index is 0.0843. The summed E-state index contributed by atoms with van der Waals surface area (Å²) in [7, 11) is 1.78. The summed E-state index contributed by atoms with van der Waals surface area (Å²) in [6.07, 6.45) is 2.40. The molecule has 1 saturated carbocycles. The fraction of sp³-hybridized carbons (Fsp3) is 0.619. The van der Waals surface area contributed by atoms with Crippen LogP contribution in [0.25, 0.3) is 0 Å². The third-order valence-electron chi connectivity index (χ3n) is 5.25. The molecule has 0 saturated heterocycles. The smallest absolute Gasteiger partial charge is 0.410 e. The highest BCUT2D eigenvalue weighted by Crippen LogP contribution is 2.32. The number of halogens is 1. The van der Waals surface area contributed by atoms with E-state index in [0.717, 1.165) is 31.4 Å². The standard InChI is InChI=1S/C21H30ClN3O4/c1-21(2,3)29-20(27)25(4)15-8-6-14(7-9-15)24-19(26)18-12-23-16-11-13(22)5-10-17(16)28-18/h5,10-11,14-15,18,23H,6-9,12H2,1-4H3,(H,24,26). The molecule has 0 radical (unpaired) electrons. The van der Waals surface area contributed by atoms with Crippen LogP contribution in [0.15, 0.2) is 18.2 Å². The Morgan fingerprint density at radius 3 is 2.59 bits per heavy atom. The molecule has 1 aromatic carbocycles. The number of rotatable bonds is 3. The van der Waals surface area contributed by atoms with Gasteiger partial charge in [0.15, 0.2) is 6.10 Å². The van der Waals surface area contributed by atoms with E-state index < -0.39 is 11.7 Å². The topological polar surface area (TPSA) is 79.9 Å². The van der Waals surface area contributed by atoms with Gasteiger partial charge in [0.25, 0.3) is 5.91 Å². The number of hydrogen-bond acceptors (Lipinski definition) is 5. The molecule has 1 heterocycles. The van der Waals surface area contributed by atoms with Crippen LogP contribution in [0.1, 0.15) is 46.5 Å². The van der Waals surface area contributed by atoms with E-state index in [2.05, 4.69) is 10.6 Å². The van der Waals surface area contributed by atoms with E-state index in [1.54, 1.807) is 30.1 Å². The first kappa shape index (κ1) is 21.6. The molecule has 1 fully saturated rings. The predicted molar refractivity (Wildman–Crippen MR) is 113 cm³/mol. The Kier molecular flexibility index (Phi) is 6.46. The van der Waals surface area contributed by atoms with Gasteiger partial charge in [-0.05, 0) is 64.7 Å². The van der Waals surface area contributed by atoms with Crippen molar-refractivity contribution in [1.82, 2.24) is 10.2 Å². The number of hydrogen-bond donors (Lipinski definition) is 2. The molecular formula is C21H30ClN3O4. The molecule has 0 spiro atoms. The van der Waals surface area contributed by atoms with Gasteiger partial charge in [-0.25, -0.2) is 4.79 Å². The minimum atomic E-state index is -0.578. The van der Waals surface area contributed by atoms with E-state index in [1.807, 2.05) is 20.8 Å². The van der Waals surface area contributed by atoms with E-state index in [-0.39, 0.29) is 24.1 Å². The largest absolute Gasteiger partial charge is 0.477 e. The minimum Gasteiger partial charge on any atom is -0.477 e. The highest BCUT2D eigenvalue weighted by Gasteiger charge is 2.32. The zero-order valence-electron chi connectivity index (χ0n) is 17.5. The third-order valence-corrected chi connectivity index (χ3v) is 5.49. The number of nitrogens with zero attached hydrogens (tertiary/aromatic N) is 1. The summed E-state index contributed by atoms with van der Waals surface area (Å²) in [5.41, 5.74) is 0.293. The fourth-order valence-corrected chi connectivity index (χ4v) is 3.84. The summed E-state index contributed by atoms with van der Waals surface area (Å²) in [5, 5.41) is 6.91. The molecule has 1 aromatic rings. The number of carbonyl (C=O) groups excluding carboxylic acids is 2. The van der Waals surface area contributed by atoms with Gasteiger partial charge in [-0.3, -0.25) is 4.79 Å². The van der Waals surface area contributed by atoms with Crippen LogP contribution in [-0.2, 0) is 9.53 Å². The van der Waals surface area contributed by atoms with Crippen molar-refractivity contribution in [3.05, 3.63) is 23.2 Å². The van der Waals surface area contributed by atoms with E-state index >= 15 is 0 Å². The lowest BCUT2D eigenvalue weighted by atomic mass is 9.90. The summed E-state index contributed by atoms with van der Waals surface area (Å²) < 4.78 is 11.3. The van der Waals surface area contributed by atoms with Crippen molar-refractivity contribution in [3.63, 3.8) is 0 Å². The molecule has 2 aliphatic rings. The zero-order valence-corrected chi connectivity index (χ0v) is 18.2. The second-order valence-electron chi connectivity index (χ2n) is 8.73. The molecule has 1 atom stereocenters. The van der Waals surface area contributed by atoms with Crippen molar-refractivity contribution in [2.45, 2.75) is 70.2 Å².